The number of rotatable bonds is 9. The highest BCUT2D eigenvalue weighted by Crippen LogP contribution is 2.23. The molecule has 0 aliphatic carbocycles. The number of nitrogens with zero attached hydrogens (tertiary/aromatic N) is 3. The molecule has 2 aliphatic rings. The molecule has 2 aromatic rings. The van der Waals surface area contributed by atoms with Crippen LogP contribution in [-0.2, 0) is 22.5 Å². The molecule has 1 amide bonds. The van der Waals surface area contributed by atoms with Gasteiger partial charge in [-0.3, -0.25) is 19.5 Å². The predicted molar refractivity (Wildman–Crippen MR) is 139 cm³/mol. The van der Waals surface area contributed by atoms with Crippen molar-refractivity contribution in [1.29, 1.82) is 0 Å². The number of benzene rings is 2. The molecule has 0 aromatic heterocycles. The van der Waals surface area contributed by atoms with Gasteiger partial charge >= 0.3 is 5.97 Å². The van der Waals surface area contributed by atoms with Crippen LogP contribution in [0.1, 0.15) is 66.1 Å². The lowest BCUT2D eigenvalue weighted by atomic mass is 9.99. The van der Waals surface area contributed by atoms with Gasteiger partial charge in [-0.1, -0.05) is 31.5 Å². The average molecular weight is 477 g/mol. The van der Waals surface area contributed by atoms with Crippen molar-refractivity contribution in [2.24, 2.45) is 5.10 Å². The molecule has 7 heteroatoms. The van der Waals surface area contributed by atoms with E-state index < -0.39 is 0 Å². The third-order valence-corrected chi connectivity index (χ3v) is 6.54. The van der Waals surface area contributed by atoms with Gasteiger partial charge in [0.05, 0.1) is 19.4 Å². The Morgan fingerprint density at radius 2 is 1.83 bits per heavy atom. The topological polar surface area (TPSA) is 74.2 Å². The van der Waals surface area contributed by atoms with E-state index in [9.17, 15) is 9.59 Å². The molecular weight excluding hydrogens is 440 g/mol. The quantitative estimate of drug-likeness (QED) is 0.329. The highest BCUT2D eigenvalue weighted by molar-refractivity contribution is 6.04. The van der Waals surface area contributed by atoms with Crippen LogP contribution < -0.4 is 5.32 Å². The summed E-state index contributed by atoms with van der Waals surface area (Å²) < 4.78 is 5.29. The van der Waals surface area contributed by atoms with E-state index in [1.54, 1.807) is 0 Å². The molecule has 0 radical (unpaired) electrons. The summed E-state index contributed by atoms with van der Waals surface area (Å²) in [5, 5.41) is 9.68. The fourth-order valence-electron chi connectivity index (χ4n) is 4.45. The Morgan fingerprint density at radius 1 is 1.03 bits per heavy atom. The minimum Gasteiger partial charge on any atom is -0.465 e. The minimum absolute atomic E-state index is 0.128. The van der Waals surface area contributed by atoms with Crippen LogP contribution in [0.2, 0.25) is 0 Å². The second-order valence-electron chi connectivity index (χ2n) is 9.35. The van der Waals surface area contributed by atoms with Crippen molar-refractivity contribution in [3.63, 3.8) is 0 Å². The molecule has 7 nitrogen and oxygen atoms in total. The SMILES string of the molecule is CCCCOC(=O)CN1CCc2cc(NC(=O)c3ccc(/C=N/N4CCCCC4)cc3)ccc2C1. The first-order valence-electron chi connectivity index (χ1n) is 12.8. The van der Waals surface area contributed by atoms with E-state index in [0.29, 0.717) is 25.3 Å². The molecular formula is C28H36N4O3. The standard InChI is InChI=1S/C28H36N4O3/c1-2-3-17-35-27(33)21-31-16-13-24-18-26(12-11-25(24)20-31)30-28(34)23-9-7-22(8-10-23)19-29-32-14-5-4-6-15-32/h7-12,18-19H,2-6,13-17,20-21H2,1H3,(H,30,34)/b29-19+. The van der Waals surface area contributed by atoms with Crippen molar-refractivity contribution in [2.45, 2.75) is 52.0 Å². The molecule has 1 saturated heterocycles. The van der Waals surface area contributed by atoms with Crippen molar-refractivity contribution in [2.75, 3.05) is 38.1 Å². The maximum atomic E-state index is 12.8. The summed E-state index contributed by atoms with van der Waals surface area (Å²) in [6.07, 6.45) is 8.31. The smallest absolute Gasteiger partial charge is 0.320 e. The summed E-state index contributed by atoms with van der Waals surface area (Å²) in [6, 6.07) is 13.5. The molecule has 1 N–H and O–H groups in total. The van der Waals surface area contributed by atoms with E-state index in [1.807, 2.05) is 48.7 Å². The lowest BCUT2D eigenvalue weighted by Crippen LogP contribution is -2.35. The zero-order chi connectivity index (χ0) is 24.5. The second kappa shape index (κ2) is 12.5. The molecule has 0 saturated carbocycles. The molecule has 4 rings (SSSR count). The summed E-state index contributed by atoms with van der Waals surface area (Å²) in [5.41, 5.74) is 4.79. The largest absolute Gasteiger partial charge is 0.465 e. The number of piperidine rings is 1. The van der Waals surface area contributed by atoms with Crippen LogP contribution in [0.4, 0.5) is 5.69 Å². The minimum atomic E-state index is -0.158. The van der Waals surface area contributed by atoms with Gasteiger partial charge in [0, 0.05) is 37.4 Å². The Balaban J connectivity index is 1.28. The van der Waals surface area contributed by atoms with E-state index in [0.717, 1.165) is 50.1 Å². The molecule has 2 aliphatic heterocycles. The molecule has 1 fully saturated rings. The second-order valence-corrected chi connectivity index (χ2v) is 9.35. The van der Waals surface area contributed by atoms with Crippen LogP contribution in [0.15, 0.2) is 47.6 Å². The van der Waals surface area contributed by atoms with Crippen molar-refractivity contribution >= 4 is 23.8 Å². The number of ether oxygens (including phenoxy) is 1. The maximum absolute atomic E-state index is 12.8. The zero-order valence-electron chi connectivity index (χ0n) is 20.7. The Bertz CT molecular complexity index is 1030. The summed E-state index contributed by atoms with van der Waals surface area (Å²) in [6.45, 7) is 6.44. The number of amides is 1. The zero-order valence-corrected chi connectivity index (χ0v) is 20.7. The fourth-order valence-corrected chi connectivity index (χ4v) is 4.45. The van der Waals surface area contributed by atoms with Gasteiger partial charge < -0.3 is 10.1 Å². The number of hydrogen-bond donors (Lipinski definition) is 1. The number of hydrazone groups is 1. The van der Waals surface area contributed by atoms with Gasteiger partial charge in [-0.15, -0.1) is 0 Å². The molecule has 0 bridgehead atoms. The van der Waals surface area contributed by atoms with E-state index >= 15 is 0 Å². The molecule has 35 heavy (non-hydrogen) atoms. The van der Waals surface area contributed by atoms with Gasteiger partial charge in [0.1, 0.15) is 0 Å². The third-order valence-electron chi connectivity index (χ3n) is 6.54. The molecule has 186 valence electrons. The highest BCUT2D eigenvalue weighted by atomic mass is 16.5. The summed E-state index contributed by atoms with van der Waals surface area (Å²) >= 11 is 0. The number of anilines is 1. The number of hydrogen-bond acceptors (Lipinski definition) is 6. The van der Waals surface area contributed by atoms with Crippen LogP contribution >= 0.6 is 0 Å². The van der Waals surface area contributed by atoms with E-state index in [1.165, 1.54) is 30.4 Å². The van der Waals surface area contributed by atoms with Crippen LogP contribution in [0.25, 0.3) is 0 Å². The van der Waals surface area contributed by atoms with E-state index in [4.69, 9.17) is 4.74 Å². The van der Waals surface area contributed by atoms with Gasteiger partial charge in [0.25, 0.3) is 5.91 Å². The maximum Gasteiger partial charge on any atom is 0.320 e. The first-order valence-corrected chi connectivity index (χ1v) is 12.8. The Labute approximate surface area is 208 Å². The first kappa shape index (κ1) is 24.9. The number of carbonyl (C=O) groups excluding carboxylic acids is 2. The van der Waals surface area contributed by atoms with E-state index in [-0.39, 0.29) is 11.9 Å². The third kappa shape index (κ3) is 7.39. The van der Waals surface area contributed by atoms with Crippen LogP contribution in [0, 0.1) is 0 Å². The van der Waals surface area contributed by atoms with Crippen LogP contribution in [-0.4, -0.2) is 60.8 Å². The van der Waals surface area contributed by atoms with Crippen LogP contribution in [0.5, 0.6) is 0 Å². The monoisotopic (exact) mass is 476 g/mol. The predicted octanol–water partition coefficient (Wildman–Crippen LogP) is 4.46. The van der Waals surface area contributed by atoms with Gasteiger partial charge in [-0.05, 0) is 73.1 Å². The van der Waals surface area contributed by atoms with Crippen LogP contribution in [0.3, 0.4) is 0 Å². The van der Waals surface area contributed by atoms with Crippen molar-refractivity contribution in [3.8, 4) is 0 Å². The first-order chi connectivity index (χ1) is 17.1. The Hall–Kier alpha value is -3.19. The van der Waals surface area contributed by atoms with Gasteiger partial charge in [-0.2, -0.15) is 5.10 Å². The van der Waals surface area contributed by atoms with Crippen molar-refractivity contribution < 1.29 is 14.3 Å². The molecule has 0 unspecified atom stereocenters. The van der Waals surface area contributed by atoms with Crippen molar-refractivity contribution in [1.82, 2.24) is 9.91 Å². The highest BCUT2D eigenvalue weighted by Gasteiger charge is 2.20. The Kier molecular flexibility index (Phi) is 8.90. The molecule has 2 heterocycles. The number of esters is 1. The molecule has 2 aromatic carbocycles. The fraction of sp³-hybridized carbons (Fsp3) is 0.464. The lowest BCUT2D eigenvalue weighted by Gasteiger charge is -2.28. The lowest BCUT2D eigenvalue weighted by molar-refractivity contribution is -0.145. The molecule has 0 spiro atoms. The molecule has 0 atom stereocenters. The van der Waals surface area contributed by atoms with Gasteiger partial charge in [0.2, 0.25) is 0 Å². The number of fused-ring (bicyclic) bond motifs is 1. The Morgan fingerprint density at radius 3 is 2.60 bits per heavy atom. The summed E-state index contributed by atoms with van der Waals surface area (Å²) in [4.78, 5) is 26.9. The average Bonchev–Trinajstić information content (AvgIpc) is 2.88. The van der Waals surface area contributed by atoms with Gasteiger partial charge in [0.15, 0.2) is 0 Å². The number of unbranched alkanes of at least 4 members (excludes halogenated alkanes) is 1. The van der Waals surface area contributed by atoms with Crippen molar-refractivity contribution in [3.05, 3.63) is 64.7 Å². The number of nitrogens with one attached hydrogen (secondary N) is 1. The van der Waals surface area contributed by atoms with Gasteiger partial charge in [-0.25, -0.2) is 0 Å². The number of carbonyl (C=O) groups is 2. The summed E-state index contributed by atoms with van der Waals surface area (Å²) in [5.74, 6) is -0.286. The summed E-state index contributed by atoms with van der Waals surface area (Å²) in [7, 11) is 0. The van der Waals surface area contributed by atoms with E-state index in [2.05, 4.69) is 27.3 Å². The normalized spacial score (nSPS) is 16.2.